The van der Waals surface area contributed by atoms with Gasteiger partial charge >= 0.3 is 5.97 Å². The van der Waals surface area contributed by atoms with Gasteiger partial charge in [0, 0.05) is 43.7 Å². The molecular formula is C32H42ClF2N5O5. The molecule has 2 heterocycles. The molecule has 246 valence electrons. The number of rotatable bonds is 9. The Bertz CT molecular complexity index is 1420. The molecule has 6 rings (SSSR count). The zero-order chi connectivity index (χ0) is 32.4. The molecule has 4 fully saturated rings. The van der Waals surface area contributed by atoms with Gasteiger partial charge in [0.2, 0.25) is 11.8 Å². The topological polar surface area (TPSA) is 131 Å². The third kappa shape index (κ3) is 5.73. The SMILES string of the molecule is COC(=O)[C@@]1(C)C[C@@H]2CC2C[C@H]1C(=O)N1CCc2c(Cl)ccc(OC/C(N)=C(\C(F)F)N(C)N)c2C1CN1CC2(CC2)CC1=O. The summed E-state index contributed by atoms with van der Waals surface area (Å²) >= 11 is 6.73. The Kier molecular flexibility index (Phi) is 8.21. The van der Waals surface area contributed by atoms with E-state index in [1.54, 1.807) is 17.0 Å². The summed E-state index contributed by atoms with van der Waals surface area (Å²) < 4.78 is 38.7. The van der Waals surface area contributed by atoms with E-state index >= 15 is 0 Å². The Balaban J connectivity index is 1.38. The fourth-order valence-electron chi connectivity index (χ4n) is 8.11. The maximum atomic E-state index is 14.7. The number of carbonyl (C=O) groups excluding carboxylic acids is 3. The van der Waals surface area contributed by atoms with Crippen molar-refractivity contribution in [3.63, 3.8) is 0 Å². The summed E-state index contributed by atoms with van der Waals surface area (Å²) in [5.74, 6) is 5.66. The summed E-state index contributed by atoms with van der Waals surface area (Å²) in [5.41, 5.74) is 5.66. The van der Waals surface area contributed by atoms with Crippen LogP contribution in [0.25, 0.3) is 0 Å². The Morgan fingerprint density at radius 2 is 1.96 bits per heavy atom. The normalized spacial score (nSPS) is 30.1. The number of likely N-dealkylation sites (tertiary alicyclic amines) is 1. The van der Waals surface area contributed by atoms with Crippen molar-refractivity contribution in [2.45, 2.75) is 64.3 Å². The zero-order valence-corrected chi connectivity index (χ0v) is 26.7. The van der Waals surface area contributed by atoms with Crippen LogP contribution in [0.3, 0.4) is 0 Å². The van der Waals surface area contributed by atoms with Gasteiger partial charge in [-0.1, -0.05) is 11.6 Å². The van der Waals surface area contributed by atoms with E-state index in [0.717, 1.165) is 29.8 Å². The number of carbonyl (C=O) groups is 3. The van der Waals surface area contributed by atoms with Gasteiger partial charge in [-0.15, -0.1) is 0 Å². The molecule has 4 N–H and O–H groups in total. The van der Waals surface area contributed by atoms with Crippen LogP contribution in [0.2, 0.25) is 5.02 Å². The van der Waals surface area contributed by atoms with Crippen LogP contribution in [0.1, 0.15) is 62.6 Å². The maximum absolute atomic E-state index is 14.7. The molecule has 1 saturated heterocycles. The van der Waals surface area contributed by atoms with Gasteiger partial charge in [-0.05, 0) is 80.4 Å². The van der Waals surface area contributed by atoms with Crippen LogP contribution in [0.4, 0.5) is 8.78 Å². The van der Waals surface area contributed by atoms with Crippen molar-refractivity contribution in [1.82, 2.24) is 14.8 Å². The predicted molar refractivity (Wildman–Crippen MR) is 162 cm³/mol. The number of allylic oxidation sites excluding steroid dienone is 1. The molecular weight excluding hydrogens is 608 g/mol. The van der Waals surface area contributed by atoms with Crippen LogP contribution in [-0.4, -0.2) is 79.4 Å². The lowest BCUT2D eigenvalue weighted by molar-refractivity contribution is -0.165. The number of fused-ring (bicyclic) bond motifs is 2. The highest BCUT2D eigenvalue weighted by molar-refractivity contribution is 6.31. The molecule has 0 aromatic heterocycles. The van der Waals surface area contributed by atoms with Crippen LogP contribution in [0, 0.1) is 28.6 Å². The predicted octanol–water partition coefficient (Wildman–Crippen LogP) is 3.62. The van der Waals surface area contributed by atoms with E-state index < -0.39 is 29.5 Å². The van der Waals surface area contributed by atoms with Crippen molar-refractivity contribution in [3.8, 4) is 5.75 Å². The van der Waals surface area contributed by atoms with Gasteiger partial charge in [-0.25, -0.2) is 14.6 Å². The summed E-state index contributed by atoms with van der Waals surface area (Å²) in [6, 6.07) is 2.69. The van der Waals surface area contributed by atoms with Crippen LogP contribution in [0.5, 0.6) is 5.75 Å². The fourth-order valence-corrected chi connectivity index (χ4v) is 8.37. The largest absolute Gasteiger partial charge is 0.487 e. The average Bonchev–Trinajstić information content (AvgIpc) is 3.89. The second kappa shape index (κ2) is 11.6. The van der Waals surface area contributed by atoms with Crippen molar-refractivity contribution in [3.05, 3.63) is 39.7 Å². The minimum absolute atomic E-state index is 0.00403. The monoisotopic (exact) mass is 649 g/mol. The quantitative estimate of drug-likeness (QED) is 0.236. The first-order chi connectivity index (χ1) is 21.3. The first-order valence-corrected chi connectivity index (χ1v) is 16.0. The number of methoxy groups -OCH3 is 1. The number of hydrogen-bond acceptors (Lipinski definition) is 8. The van der Waals surface area contributed by atoms with Gasteiger partial charge in [0.15, 0.2) is 0 Å². The Labute approximate surface area is 266 Å². The number of esters is 1. The lowest BCUT2D eigenvalue weighted by Crippen LogP contribution is -2.53. The Hall–Kier alpha value is -3.12. The van der Waals surface area contributed by atoms with Gasteiger partial charge in [0.25, 0.3) is 6.43 Å². The van der Waals surface area contributed by atoms with Crippen LogP contribution in [-0.2, 0) is 25.5 Å². The Morgan fingerprint density at radius 1 is 1.22 bits per heavy atom. The summed E-state index contributed by atoms with van der Waals surface area (Å²) in [5, 5.41) is 1.25. The van der Waals surface area contributed by atoms with Gasteiger partial charge in [0.05, 0.1) is 30.2 Å². The summed E-state index contributed by atoms with van der Waals surface area (Å²) in [6.45, 7) is 2.62. The summed E-state index contributed by atoms with van der Waals surface area (Å²) in [6.07, 6.45) is 2.16. The minimum atomic E-state index is -2.91. The number of nitrogens with two attached hydrogens (primary N) is 2. The van der Waals surface area contributed by atoms with Gasteiger partial charge in [-0.3, -0.25) is 14.4 Å². The number of hydrogen-bond donors (Lipinski definition) is 2. The zero-order valence-electron chi connectivity index (χ0n) is 26.0. The summed E-state index contributed by atoms with van der Waals surface area (Å²) in [7, 11) is 2.63. The molecule has 0 bridgehead atoms. The smallest absolute Gasteiger partial charge is 0.312 e. The first-order valence-electron chi connectivity index (χ1n) is 15.6. The van der Waals surface area contributed by atoms with E-state index in [2.05, 4.69) is 0 Å². The fraction of sp³-hybridized carbons (Fsp3) is 0.656. The number of alkyl halides is 2. The highest BCUT2D eigenvalue weighted by Gasteiger charge is 2.59. The minimum Gasteiger partial charge on any atom is -0.487 e. The third-order valence-corrected chi connectivity index (χ3v) is 11.3. The van der Waals surface area contributed by atoms with E-state index in [-0.39, 0.29) is 42.0 Å². The number of nitrogens with zero attached hydrogens (tertiary/aromatic N) is 3. The van der Waals surface area contributed by atoms with Crippen molar-refractivity contribution in [2.24, 2.45) is 40.2 Å². The molecule has 3 saturated carbocycles. The number of amides is 2. The number of benzene rings is 1. The van der Waals surface area contributed by atoms with Crippen LogP contribution >= 0.6 is 11.6 Å². The number of ether oxygens (including phenoxy) is 2. The van der Waals surface area contributed by atoms with Crippen LogP contribution in [0.15, 0.2) is 23.5 Å². The molecule has 5 atom stereocenters. The van der Waals surface area contributed by atoms with E-state index in [0.29, 0.717) is 66.9 Å². The molecule has 3 aliphatic carbocycles. The van der Waals surface area contributed by atoms with Gasteiger partial charge < -0.3 is 30.0 Å². The summed E-state index contributed by atoms with van der Waals surface area (Å²) in [4.78, 5) is 44.7. The second-order valence-corrected chi connectivity index (χ2v) is 14.4. The lowest BCUT2D eigenvalue weighted by atomic mass is 9.66. The standard InChI is InChI=1S/C32H42ClF2N5O5/c1-31(30(43)44-3)12-18-10-17(18)11-20(31)29(42)40-9-6-19-21(33)4-5-24(45-15-22(36)27(28(34)35)38(2)37)26(19)23(40)14-39-16-32(7-8-32)13-25(39)41/h4-5,17-18,20,23,28H,6-16,36-37H2,1-3H3/b27-22-/t17?,18-,20-,23?,31-/m0/s1. The average molecular weight is 650 g/mol. The highest BCUT2D eigenvalue weighted by Crippen LogP contribution is 2.59. The maximum Gasteiger partial charge on any atom is 0.312 e. The van der Waals surface area contributed by atoms with Crippen molar-refractivity contribution in [2.75, 3.05) is 40.4 Å². The lowest BCUT2D eigenvalue weighted by Gasteiger charge is -2.45. The molecule has 2 aliphatic heterocycles. The van der Waals surface area contributed by atoms with Crippen molar-refractivity contribution >= 4 is 29.4 Å². The van der Waals surface area contributed by atoms with E-state index in [9.17, 15) is 23.2 Å². The molecule has 45 heavy (non-hydrogen) atoms. The molecule has 13 heteroatoms. The molecule has 1 aromatic rings. The van der Waals surface area contributed by atoms with Crippen molar-refractivity contribution < 1.29 is 32.6 Å². The van der Waals surface area contributed by atoms with E-state index in [1.165, 1.54) is 14.2 Å². The Morgan fingerprint density at radius 3 is 2.58 bits per heavy atom. The number of halogens is 3. The van der Waals surface area contributed by atoms with Gasteiger partial charge in [-0.2, -0.15) is 0 Å². The number of hydrazine groups is 1. The molecule has 5 aliphatic rings. The molecule has 2 unspecified atom stereocenters. The van der Waals surface area contributed by atoms with E-state index in [4.69, 9.17) is 32.7 Å². The van der Waals surface area contributed by atoms with Gasteiger partial charge in [0.1, 0.15) is 18.1 Å². The molecule has 1 aromatic carbocycles. The van der Waals surface area contributed by atoms with E-state index in [1.807, 2.05) is 11.8 Å². The van der Waals surface area contributed by atoms with Crippen LogP contribution < -0.4 is 16.3 Å². The molecule has 0 radical (unpaired) electrons. The molecule has 1 spiro atoms. The third-order valence-electron chi connectivity index (χ3n) is 10.9. The van der Waals surface area contributed by atoms with Crippen molar-refractivity contribution in [1.29, 1.82) is 0 Å². The first kappa shape index (κ1) is 31.8. The molecule has 2 amide bonds. The highest BCUT2D eigenvalue weighted by atomic mass is 35.5. The second-order valence-electron chi connectivity index (χ2n) is 14.0. The molecule has 10 nitrogen and oxygen atoms in total.